The Morgan fingerprint density at radius 1 is 1.29 bits per heavy atom. The fraction of sp³-hybridized carbons (Fsp3) is 0.857. The van der Waals surface area contributed by atoms with Crippen LogP contribution in [-0.4, -0.2) is 24.8 Å². The number of aliphatic hydroxyl groups excluding tert-OH is 1. The number of ether oxygens (including phenoxy) is 1. The fourth-order valence-electron chi connectivity index (χ4n) is 6.94. The van der Waals surface area contributed by atoms with Gasteiger partial charge in [0.2, 0.25) is 0 Å². The molecule has 24 heavy (non-hydrogen) atoms. The summed E-state index contributed by atoms with van der Waals surface area (Å²) in [7, 11) is 1.53. The first kappa shape index (κ1) is 18.0. The second-order valence-electron chi connectivity index (χ2n) is 8.98. The zero-order valence-corrected chi connectivity index (χ0v) is 15.6. The molecule has 0 amide bonds. The predicted molar refractivity (Wildman–Crippen MR) is 95.4 cm³/mol. The Morgan fingerprint density at radius 3 is 2.71 bits per heavy atom. The van der Waals surface area contributed by atoms with Crippen LogP contribution in [-0.2, 0) is 9.53 Å². The molecule has 3 aliphatic carbocycles. The van der Waals surface area contributed by atoms with Crippen molar-refractivity contribution in [1.82, 2.24) is 0 Å². The third kappa shape index (κ3) is 2.55. The van der Waals surface area contributed by atoms with Crippen LogP contribution in [0.4, 0.5) is 0 Å². The van der Waals surface area contributed by atoms with Crippen molar-refractivity contribution in [2.45, 2.75) is 65.2 Å². The van der Waals surface area contributed by atoms with E-state index in [0.717, 1.165) is 32.1 Å². The van der Waals surface area contributed by atoms with Crippen molar-refractivity contribution in [3.05, 3.63) is 12.2 Å². The van der Waals surface area contributed by atoms with E-state index in [1.807, 2.05) is 0 Å². The van der Waals surface area contributed by atoms with Crippen LogP contribution in [0.25, 0.3) is 0 Å². The quantitative estimate of drug-likeness (QED) is 0.616. The highest BCUT2D eigenvalue weighted by Crippen LogP contribution is 2.65. The molecule has 3 aliphatic rings. The van der Waals surface area contributed by atoms with Crippen LogP contribution in [0, 0.1) is 34.5 Å². The second kappa shape index (κ2) is 6.48. The molecule has 0 radical (unpaired) electrons. The highest BCUT2D eigenvalue weighted by atomic mass is 16.5. The highest BCUT2D eigenvalue weighted by Gasteiger charge is 2.60. The first-order valence-electron chi connectivity index (χ1n) is 9.75. The Kier molecular flexibility index (Phi) is 4.85. The third-order valence-electron chi connectivity index (χ3n) is 8.04. The number of methoxy groups -OCH3 is 1. The van der Waals surface area contributed by atoms with Gasteiger partial charge >= 0.3 is 5.97 Å². The topological polar surface area (TPSA) is 46.5 Å². The Labute approximate surface area is 146 Å². The molecule has 6 atom stereocenters. The van der Waals surface area contributed by atoms with Crippen molar-refractivity contribution < 1.29 is 14.6 Å². The lowest BCUT2D eigenvalue weighted by Gasteiger charge is -2.61. The number of hydrogen-bond acceptors (Lipinski definition) is 3. The molecule has 0 saturated heterocycles. The van der Waals surface area contributed by atoms with Crippen molar-refractivity contribution in [3.63, 3.8) is 0 Å². The van der Waals surface area contributed by atoms with Crippen LogP contribution in [0.3, 0.4) is 0 Å². The van der Waals surface area contributed by atoms with E-state index in [1.165, 1.54) is 31.9 Å². The van der Waals surface area contributed by atoms with Gasteiger partial charge in [-0.05, 0) is 81.0 Å². The number of rotatable bonds is 3. The van der Waals surface area contributed by atoms with Crippen molar-refractivity contribution in [2.75, 3.05) is 13.7 Å². The molecule has 0 aromatic carbocycles. The SMILES string of the molecule is C=C1CC[C@H]2[C@@H](CC[C@@H]3[C@]2(C)CCC[C@]3(C)C(=O)OC)[C@H]1CCO. The molecule has 0 aliphatic heterocycles. The van der Waals surface area contributed by atoms with Gasteiger partial charge in [0.05, 0.1) is 12.5 Å². The molecule has 3 rings (SSSR count). The lowest BCUT2D eigenvalue weighted by atomic mass is 9.43. The molecule has 3 heteroatoms. The maximum Gasteiger partial charge on any atom is 0.311 e. The molecule has 1 N–H and O–H groups in total. The minimum atomic E-state index is -0.326. The number of hydrogen-bond donors (Lipinski definition) is 1. The summed E-state index contributed by atoms with van der Waals surface area (Å²) < 4.78 is 5.21. The van der Waals surface area contributed by atoms with Crippen LogP contribution >= 0.6 is 0 Å². The van der Waals surface area contributed by atoms with Crippen LogP contribution < -0.4 is 0 Å². The van der Waals surface area contributed by atoms with Gasteiger partial charge < -0.3 is 9.84 Å². The Hall–Kier alpha value is -0.830. The van der Waals surface area contributed by atoms with Gasteiger partial charge in [-0.3, -0.25) is 4.79 Å². The summed E-state index contributed by atoms with van der Waals surface area (Å²) in [6.45, 7) is 9.16. The molecule has 0 bridgehead atoms. The predicted octanol–water partition coefficient (Wildman–Crippen LogP) is 4.35. The molecule has 0 heterocycles. The number of fused-ring (bicyclic) bond motifs is 3. The lowest BCUT2D eigenvalue weighted by Crippen LogP contribution is -2.57. The summed E-state index contributed by atoms with van der Waals surface area (Å²) >= 11 is 0. The summed E-state index contributed by atoms with van der Waals surface area (Å²) in [6.07, 6.45) is 8.73. The van der Waals surface area contributed by atoms with Gasteiger partial charge in [0.15, 0.2) is 0 Å². The second-order valence-corrected chi connectivity index (χ2v) is 8.98. The van der Waals surface area contributed by atoms with Crippen molar-refractivity contribution in [3.8, 4) is 0 Å². The molecule has 3 saturated carbocycles. The van der Waals surface area contributed by atoms with Gasteiger partial charge in [-0.15, -0.1) is 0 Å². The molecule has 136 valence electrons. The van der Waals surface area contributed by atoms with Crippen LogP contribution in [0.2, 0.25) is 0 Å². The van der Waals surface area contributed by atoms with E-state index in [-0.39, 0.29) is 23.4 Å². The molecular formula is C21H34O3. The van der Waals surface area contributed by atoms with Gasteiger partial charge in [0.1, 0.15) is 0 Å². The Morgan fingerprint density at radius 2 is 2.04 bits per heavy atom. The van der Waals surface area contributed by atoms with E-state index in [1.54, 1.807) is 0 Å². The zero-order chi connectivity index (χ0) is 17.5. The van der Waals surface area contributed by atoms with Crippen LogP contribution in [0.1, 0.15) is 65.2 Å². The minimum Gasteiger partial charge on any atom is -0.469 e. The fourth-order valence-corrected chi connectivity index (χ4v) is 6.94. The average molecular weight is 335 g/mol. The smallest absolute Gasteiger partial charge is 0.311 e. The summed E-state index contributed by atoms with van der Waals surface area (Å²) in [5.74, 6) is 2.18. The van der Waals surface area contributed by atoms with E-state index in [9.17, 15) is 9.90 Å². The largest absolute Gasteiger partial charge is 0.469 e. The lowest BCUT2D eigenvalue weighted by molar-refractivity contribution is -0.176. The zero-order valence-electron chi connectivity index (χ0n) is 15.6. The highest BCUT2D eigenvalue weighted by molar-refractivity contribution is 5.77. The first-order valence-corrected chi connectivity index (χ1v) is 9.75. The van der Waals surface area contributed by atoms with E-state index in [4.69, 9.17) is 4.74 Å². The maximum absolute atomic E-state index is 12.6. The summed E-state index contributed by atoms with van der Waals surface area (Å²) in [6, 6.07) is 0. The van der Waals surface area contributed by atoms with Crippen LogP contribution in [0.5, 0.6) is 0 Å². The number of aliphatic hydroxyl groups is 1. The summed E-state index contributed by atoms with van der Waals surface area (Å²) in [4.78, 5) is 12.6. The molecule has 0 aromatic rings. The Bertz CT molecular complexity index is 513. The molecule has 0 spiro atoms. The van der Waals surface area contributed by atoms with E-state index >= 15 is 0 Å². The van der Waals surface area contributed by atoms with Crippen molar-refractivity contribution >= 4 is 5.97 Å². The minimum absolute atomic E-state index is 0.0102. The van der Waals surface area contributed by atoms with E-state index in [2.05, 4.69) is 20.4 Å². The number of esters is 1. The van der Waals surface area contributed by atoms with Crippen molar-refractivity contribution in [1.29, 1.82) is 0 Å². The third-order valence-corrected chi connectivity index (χ3v) is 8.04. The molecule has 3 nitrogen and oxygen atoms in total. The Balaban J connectivity index is 1.92. The number of allylic oxidation sites excluding steroid dienone is 1. The van der Waals surface area contributed by atoms with E-state index in [0.29, 0.717) is 23.7 Å². The summed E-state index contributed by atoms with van der Waals surface area (Å²) in [5, 5.41) is 9.51. The molecule has 0 aromatic heterocycles. The average Bonchev–Trinajstić information content (AvgIpc) is 2.56. The standard InChI is InChI=1S/C21H34O3/c1-14-6-8-17-16(15(14)10-13-22)7-9-18-20(17,2)11-5-12-21(18,3)19(23)24-4/h15-18,22H,1,5-13H2,2-4H3/t15-,16-,17-,18+,20+,21-/m0/s1. The molecule has 3 fully saturated rings. The van der Waals surface area contributed by atoms with E-state index < -0.39 is 0 Å². The van der Waals surface area contributed by atoms with Gasteiger partial charge in [-0.1, -0.05) is 25.5 Å². The van der Waals surface area contributed by atoms with Crippen LogP contribution in [0.15, 0.2) is 12.2 Å². The number of carbonyl (C=O) groups excluding carboxylic acids is 1. The van der Waals surface area contributed by atoms with Gasteiger partial charge in [0, 0.05) is 6.61 Å². The number of carbonyl (C=O) groups is 1. The summed E-state index contributed by atoms with van der Waals surface area (Å²) in [5.41, 5.74) is 1.24. The van der Waals surface area contributed by atoms with Gasteiger partial charge in [-0.2, -0.15) is 0 Å². The first-order chi connectivity index (χ1) is 11.4. The van der Waals surface area contributed by atoms with Gasteiger partial charge in [-0.25, -0.2) is 0 Å². The van der Waals surface area contributed by atoms with Gasteiger partial charge in [0.25, 0.3) is 0 Å². The monoisotopic (exact) mass is 334 g/mol. The van der Waals surface area contributed by atoms with Crippen molar-refractivity contribution in [2.24, 2.45) is 34.5 Å². The molecular weight excluding hydrogens is 300 g/mol. The maximum atomic E-state index is 12.6. The normalized spacial score (nSPS) is 45.2. The molecule has 0 unspecified atom stereocenters.